The molecular weight excluding hydrogens is 364 g/mol. The minimum atomic E-state index is 0.838. The van der Waals surface area contributed by atoms with E-state index in [1.807, 2.05) is 0 Å². The molecular formula is C28H42N2. The van der Waals surface area contributed by atoms with Crippen LogP contribution in [0, 0.1) is 5.92 Å². The van der Waals surface area contributed by atoms with Crippen molar-refractivity contribution in [1.29, 1.82) is 0 Å². The molecule has 1 atom stereocenters. The number of aromatic nitrogens is 2. The molecule has 0 amide bonds. The number of aryl methyl sites for hydroxylation is 2. The molecule has 0 saturated heterocycles. The van der Waals surface area contributed by atoms with Gasteiger partial charge < -0.3 is 0 Å². The Bertz CT molecular complexity index is 735. The molecule has 164 valence electrons. The topological polar surface area (TPSA) is 25.8 Å². The Kier molecular flexibility index (Phi) is 9.86. The molecule has 1 aromatic heterocycles. The molecule has 1 aliphatic carbocycles. The van der Waals surface area contributed by atoms with Gasteiger partial charge in [0.15, 0.2) is 5.82 Å². The third kappa shape index (κ3) is 7.22. The highest BCUT2D eigenvalue weighted by Gasteiger charge is 2.20. The van der Waals surface area contributed by atoms with Gasteiger partial charge in [-0.25, -0.2) is 9.97 Å². The summed E-state index contributed by atoms with van der Waals surface area (Å²) in [6.45, 7) is 4.56. The van der Waals surface area contributed by atoms with Crippen LogP contribution in [0.5, 0.6) is 0 Å². The number of nitrogens with zero attached hydrogens (tertiary/aromatic N) is 2. The van der Waals surface area contributed by atoms with Crippen LogP contribution < -0.4 is 0 Å². The lowest BCUT2D eigenvalue weighted by Gasteiger charge is -2.24. The molecule has 0 radical (unpaired) electrons. The molecule has 0 saturated carbocycles. The Morgan fingerprint density at radius 2 is 1.53 bits per heavy atom. The fourth-order valence-electron chi connectivity index (χ4n) is 4.76. The van der Waals surface area contributed by atoms with Crippen molar-refractivity contribution in [2.75, 3.05) is 0 Å². The summed E-state index contributed by atoms with van der Waals surface area (Å²) in [5.74, 6) is 1.74. The Hall–Kier alpha value is -1.70. The summed E-state index contributed by atoms with van der Waals surface area (Å²) in [5.41, 5.74) is 5.29. The number of rotatable bonds is 13. The van der Waals surface area contributed by atoms with Crippen LogP contribution in [0.4, 0.5) is 0 Å². The Morgan fingerprint density at radius 3 is 2.27 bits per heavy atom. The van der Waals surface area contributed by atoms with Crippen LogP contribution in [0.1, 0.15) is 108 Å². The highest BCUT2D eigenvalue weighted by Crippen LogP contribution is 2.29. The van der Waals surface area contributed by atoms with Crippen LogP contribution in [0.15, 0.2) is 30.5 Å². The predicted molar refractivity (Wildman–Crippen MR) is 129 cm³/mol. The second kappa shape index (κ2) is 12.9. The van der Waals surface area contributed by atoms with E-state index in [0.29, 0.717) is 0 Å². The van der Waals surface area contributed by atoms with Crippen LogP contribution in [0.3, 0.4) is 0 Å². The molecule has 30 heavy (non-hydrogen) atoms. The standard InChI is InChI=1S/C28H42N2/c1-3-5-7-9-11-13-23-15-18-25(19-16-23)28-29-22-26-21-24(17-20-27(26)30-28)14-12-10-8-6-4-2/h15-16,18-19,22,24H,3-14,17,20-21H2,1-2H3. The van der Waals surface area contributed by atoms with Crippen molar-refractivity contribution in [3.63, 3.8) is 0 Å². The van der Waals surface area contributed by atoms with Crippen molar-refractivity contribution in [2.45, 2.75) is 110 Å². The molecule has 1 aromatic carbocycles. The summed E-state index contributed by atoms with van der Waals surface area (Å²) in [5, 5.41) is 0. The Morgan fingerprint density at radius 1 is 0.833 bits per heavy atom. The van der Waals surface area contributed by atoms with Crippen molar-refractivity contribution in [3.05, 3.63) is 47.3 Å². The first-order valence-electron chi connectivity index (χ1n) is 12.7. The maximum absolute atomic E-state index is 4.95. The quantitative estimate of drug-likeness (QED) is 0.314. The van der Waals surface area contributed by atoms with E-state index in [4.69, 9.17) is 9.97 Å². The molecule has 2 aromatic rings. The summed E-state index contributed by atoms with van der Waals surface area (Å²) in [4.78, 5) is 9.69. The van der Waals surface area contributed by atoms with Crippen LogP contribution in [-0.2, 0) is 19.3 Å². The summed E-state index contributed by atoms with van der Waals surface area (Å²) in [6, 6.07) is 8.97. The van der Waals surface area contributed by atoms with Gasteiger partial charge in [-0.15, -0.1) is 0 Å². The highest BCUT2D eigenvalue weighted by atomic mass is 14.9. The second-order valence-corrected chi connectivity index (χ2v) is 9.34. The average Bonchev–Trinajstić information content (AvgIpc) is 2.79. The van der Waals surface area contributed by atoms with Crippen molar-refractivity contribution in [2.24, 2.45) is 5.92 Å². The van der Waals surface area contributed by atoms with Gasteiger partial charge in [-0.2, -0.15) is 0 Å². The zero-order valence-electron chi connectivity index (χ0n) is 19.5. The smallest absolute Gasteiger partial charge is 0.159 e. The minimum absolute atomic E-state index is 0.838. The molecule has 2 heteroatoms. The van der Waals surface area contributed by atoms with E-state index >= 15 is 0 Å². The van der Waals surface area contributed by atoms with Gasteiger partial charge in [-0.05, 0) is 49.1 Å². The van der Waals surface area contributed by atoms with E-state index in [1.54, 1.807) is 0 Å². The normalized spacial score (nSPS) is 15.9. The first kappa shape index (κ1) is 23.0. The fourth-order valence-corrected chi connectivity index (χ4v) is 4.76. The first-order valence-corrected chi connectivity index (χ1v) is 12.7. The molecule has 0 N–H and O–H groups in total. The molecule has 1 heterocycles. The average molecular weight is 407 g/mol. The molecule has 0 fully saturated rings. The molecule has 2 nitrogen and oxygen atoms in total. The molecule has 0 bridgehead atoms. The van der Waals surface area contributed by atoms with Crippen molar-refractivity contribution < 1.29 is 0 Å². The van der Waals surface area contributed by atoms with Gasteiger partial charge in [0.2, 0.25) is 0 Å². The second-order valence-electron chi connectivity index (χ2n) is 9.34. The molecule has 1 unspecified atom stereocenters. The number of benzene rings is 1. The van der Waals surface area contributed by atoms with Gasteiger partial charge in [-0.3, -0.25) is 0 Å². The van der Waals surface area contributed by atoms with Crippen LogP contribution in [0.25, 0.3) is 11.4 Å². The summed E-state index contributed by atoms with van der Waals surface area (Å²) in [7, 11) is 0. The molecule has 3 rings (SSSR count). The summed E-state index contributed by atoms with van der Waals surface area (Å²) >= 11 is 0. The Labute approximate surface area is 184 Å². The van der Waals surface area contributed by atoms with Gasteiger partial charge >= 0.3 is 0 Å². The zero-order valence-corrected chi connectivity index (χ0v) is 19.5. The van der Waals surface area contributed by atoms with Gasteiger partial charge in [0.1, 0.15) is 0 Å². The zero-order chi connectivity index (χ0) is 21.0. The van der Waals surface area contributed by atoms with Crippen molar-refractivity contribution >= 4 is 0 Å². The van der Waals surface area contributed by atoms with Crippen molar-refractivity contribution in [3.8, 4) is 11.4 Å². The molecule has 0 spiro atoms. The van der Waals surface area contributed by atoms with Gasteiger partial charge in [0, 0.05) is 17.5 Å². The first-order chi connectivity index (χ1) is 14.8. The van der Waals surface area contributed by atoms with E-state index in [9.17, 15) is 0 Å². The van der Waals surface area contributed by atoms with E-state index < -0.39 is 0 Å². The van der Waals surface area contributed by atoms with Gasteiger partial charge in [-0.1, -0.05) is 102 Å². The van der Waals surface area contributed by atoms with Gasteiger partial charge in [0.05, 0.1) is 0 Å². The lowest BCUT2D eigenvalue weighted by Crippen LogP contribution is -2.16. The van der Waals surface area contributed by atoms with E-state index in [-0.39, 0.29) is 0 Å². The number of fused-ring (bicyclic) bond motifs is 1. The third-order valence-corrected chi connectivity index (χ3v) is 6.75. The summed E-state index contributed by atoms with van der Waals surface area (Å²) < 4.78 is 0. The minimum Gasteiger partial charge on any atom is -0.236 e. The monoisotopic (exact) mass is 406 g/mol. The molecule has 1 aliphatic rings. The van der Waals surface area contributed by atoms with E-state index in [2.05, 4.69) is 44.3 Å². The third-order valence-electron chi connectivity index (χ3n) is 6.75. The highest BCUT2D eigenvalue weighted by molar-refractivity contribution is 5.55. The van der Waals surface area contributed by atoms with E-state index in [0.717, 1.165) is 23.7 Å². The number of hydrogen-bond donors (Lipinski definition) is 0. The summed E-state index contributed by atoms with van der Waals surface area (Å²) in [6.07, 6.45) is 21.9. The fraction of sp³-hybridized carbons (Fsp3) is 0.643. The van der Waals surface area contributed by atoms with E-state index in [1.165, 1.54) is 107 Å². The van der Waals surface area contributed by atoms with Crippen LogP contribution >= 0.6 is 0 Å². The SMILES string of the molecule is CCCCCCCc1ccc(-c2ncc3c(n2)CCC(CCCCCCC)C3)cc1. The van der Waals surface area contributed by atoms with Crippen LogP contribution in [-0.4, -0.2) is 9.97 Å². The van der Waals surface area contributed by atoms with Gasteiger partial charge in [0.25, 0.3) is 0 Å². The lowest BCUT2D eigenvalue weighted by molar-refractivity contribution is 0.400. The lowest BCUT2D eigenvalue weighted by atomic mass is 9.84. The largest absolute Gasteiger partial charge is 0.236 e. The van der Waals surface area contributed by atoms with Crippen LogP contribution in [0.2, 0.25) is 0 Å². The number of unbranched alkanes of at least 4 members (excludes halogenated alkanes) is 8. The maximum atomic E-state index is 4.95. The van der Waals surface area contributed by atoms with Crippen molar-refractivity contribution in [1.82, 2.24) is 9.97 Å². The Balaban J connectivity index is 1.49. The molecule has 0 aliphatic heterocycles. The maximum Gasteiger partial charge on any atom is 0.159 e. The number of hydrogen-bond acceptors (Lipinski definition) is 2. The predicted octanol–water partition coefficient (Wildman–Crippen LogP) is 8.12.